The number of alkyl halides is 3. The quantitative estimate of drug-likeness (QED) is 0.0310. The highest BCUT2D eigenvalue weighted by Gasteiger charge is 2.45. The van der Waals surface area contributed by atoms with E-state index in [1.165, 1.54) is 173 Å². The first-order valence-electron chi connectivity index (χ1n) is 29.4. The lowest BCUT2D eigenvalue weighted by atomic mass is 9.98. The average molecular weight is 1050 g/mol. The molecule has 73 heavy (non-hydrogen) atoms. The second kappa shape index (κ2) is 42.6. The molecule has 1 heterocycles. The average Bonchev–Trinajstić information content (AvgIpc) is 3.37. The molecule has 7 N–H and O–H groups in total. The minimum Gasteiger partial charge on any atom is -0.446 e. The van der Waals surface area contributed by atoms with Crippen molar-refractivity contribution in [3.05, 3.63) is 29.8 Å². The lowest BCUT2D eigenvalue weighted by molar-refractivity contribution is -0.302. The number of nitrogens with one attached hydrogen (secondary N) is 2. The van der Waals surface area contributed by atoms with Crippen LogP contribution in [0.2, 0.25) is 0 Å². The Bertz CT molecular complexity index is 1480. The summed E-state index contributed by atoms with van der Waals surface area (Å²) in [5, 5.41) is 59.6. The van der Waals surface area contributed by atoms with Gasteiger partial charge in [-0.2, -0.15) is 13.2 Å². The van der Waals surface area contributed by atoms with Crippen LogP contribution in [0.25, 0.3) is 0 Å². The van der Waals surface area contributed by atoms with Crippen molar-refractivity contribution in [2.45, 2.75) is 307 Å². The molecule has 0 aromatic heterocycles. The number of carbonyl (C=O) groups is 2. The molecule has 1 aliphatic heterocycles. The van der Waals surface area contributed by atoms with Gasteiger partial charge < -0.3 is 45.1 Å². The maximum Gasteiger partial charge on any atom is 0.416 e. The Morgan fingerprint density at radius 2 is 0.973 bits per heavy atom. The van der Waals surface area contributed by atoms with Crippen molar-refractivity contribution in [3.63, 3.8) is 0 Å². The first kappa shape index (κ1) is 66.6. The molecule has 0 bridgehead atoms. The smallest absolute Gasteiger partial charge is 0.416 e. The van der Waals surface area contributed by atoms with Gasteiger partial charge in [0.15, 0.2) is 6.29 Å². The van der Waals surface area contributed by atoms with E-state index in [0.717, 1.165) is 62.8 Å². The van der Waals surface area contributed by atoms with Crippen LogP contribution in [0.4, 0.5) is 23.7 Å². The molecule has 0 radical (unpaired) electrons. The largest absolute Gasteiger partial charge is 0.446 e. The molecular formula is C58H103F3N2O10. The number of rotatable bonds is 46. The van der Waals surface area contributed by atoms with Crippen LogP contribution < -0.4 is 10.6 Å². The SMILES string of the molecule is CCCCCCCCCCCCCCCCCCCCCCCCCC(=O)NC(CO[C@H]1O[C@H](COC(=O)Nc2ccc(C(F)(F)F)cc2)[C@H](O)[C@H](O)[C@H]1O)C(O)C(O)CCCCCCCCCCCCCC. The van der Waals surface area contributed by atoms with Gasteiger partial charge in [0.2, 0.25) is 5.91 Å². The molecular weight excluding hydrogens is 942 g/mol. The summed E-state index contributed by atoms with van der Waals surface area (Å²) in [6, 6.07) is 2.55. The summed E-state index contributed by atoms with van der Waals surface area (Å²) in [4.78, 5) is 25.7. The van der Waals surface area contributed by atoms with Crippen LogP contribution in [0, 0.1) is 0 Å². The van der Waals surface area contributed by atoms with Gasteiger partial charge in [-0.1, -0.05) is 232 Å². The predicted octanol–water partition coefficient (Wildman–Crippen LogP) is 13.8. The Morgan fingerprint density at radius 3 is 1.38 bits per heavy atom. The molecule has 2 rings (SSSR count). The molecule has 15 heteroatoms. The van der Waals surface area contributed by atoms with E-state index >= 15 is 0 Å². The fraction of sp³-hybridized carbons (Fsp3) is 0.862. The van der Waals surface area contributed by atoms with E-state index in [2.05, 4.69) is 24.5 Å². The van der Waals surface area contributed by atoms with Crippen LogP contribution in [-0.2, 0) is 25.2 Å². The molecule has 12 nitrogen and oxygen atoms in total. The van der Waals surface area contributed by atoms with Crippen molar-refractivity contribution in [1.82, 2.24) is 5.32 Å². The third kappa shape index (κ3) is 32.6. The summed E-state index contributed by atoms with van der Waals surface area (Å²) in [6.45, 7) is 3.41. The number of aliphatic hydroxyl groups excluding tert-OH is 5. The number of anilines is 1. The Kier molecular flexibility index (Phi) is 38.8. The Labute approximate surface area is 439 Å². The van der Waals surface area contributed by atoms with E-state index in [0.29, 0.717) is 19.3 Å². The van der Waals surface area contributed by atoms with Crippen LogP contribution in [0.5, 0.6) is 0 Å². The van der Waals surface area contributed by atoms with E-state index in [1.54, 1.807) is 0 Å². The van der Waals surface area contributed by atoms with E-state index in [4.69, 9.17) is 14.2 Å². The molecule has 0 saturated carbocycles. The van der Waals surface area contributed by atoms with Gasteiger partial charge in [-0.25, -0.2) is 4.79 Å². The third-order valence-corrected chi connectivity index (χ3v) is 14.5. The lowest BCUT2D eigenvalue weighted by Gasteiger charge is -2.40. The normalized spacial score (nSPS) is 19.4. The summed E-state index contributed by atoms with van der Waals surface area (Å²) >= 11 is 0. The van der Waals surface area contributed by atoms with Crippen LogP contribution in [0.1, 0.15) is 257 Å². The molecule has 3 unspecified atom stereocenters. The summed E-state index contributed by atoms with van der Waals surface area (Å²) < 4.78 is 55.5. The number of amides is 2. The summed E-state index contributed by atoms with van der Waals surface area (Å²) in [5.41, 5.74) is -0.892. The van der Waals surface area contributed by atoms with Crippen molar-refractivity contribution in [3.8, 4) is 0 Å². The molecule has 0 aliphatic carbocycles. The monoisotopic (exact) mass is 1040 g/mol. The molecule has 2 amide bonds. The zero-order valence-corrected chi connectivity index (χ0v) is 45.4. The fourth-order valence-electron chi connectivity index (χ4n) is 9.65. The lowest BCUT2D eigenvalue weighted by Crippen LogP contribution is -2.60. The highest BCUT2D eigenvalue weighted by Crippen LogP contribution is 2.30. The van der Waals surface area contributed by atoms with Gasteiger partial charge in [0.25, 0.3) is 0 Å². The molecule has 1 fully saturated rings. The van der Waals surface area contributed by atoms with Gasteiger partial charge in [0, 0.05) is 12.1 Å². The number of carbonyl (C=O) groups excluding carboxylic acids is 2. The van der Waals surface area contributed by atoms with Gasteiger partial charge in [-0.3, -0.25) is 10.1 Å². The zero-order valence-electron chi connectivity index (χ0n) is 45.4. The Balaban J connectivity index is 1.76. The number of ether oxygens (including phenoxy) is 3. The molecule has 1 aromatic carbocycles. The Hall–Kier alpha value is -2.53. The standard InChI is InChI=1S/C58H103F3N2O10/c1-3-5-7-9-11-13-15-17-18-19-20-21-22-23-24-25-26-27-29-31-33-35-37-39-51(65)63-48(52(66)49(64)38-36-34-32-30-28-16-14-12-10-8-6-4-2)44-71-56-55(69)54(68)53(67)50(73-56)45-72-57(70)62-47-42-40-46(41-43-47)58(59,60)61/h40-43,48-50,52-56,64,66-69H,3-39,44-45H2,1-2H3,(H,62,70)(H,63,65)/t48?,49?,50-,52?,53+,54+,55-,56+/m1/s1. The number of hydrogen-bond acceptors (Lipinski definition) is 10. The maximum absolute atomic E-state index is 13.3. The van der Waals surface area contributed by atoms with Gasteiger partial charge in [-0.15, -0.1) is 0 Å². The van der Waals surface area contributed by atoms with Crippen LogP contribution >= 0.6 is 0 Å². The van der Waals surface area contributed by atoms with Crippen molar-refractivity contribution < 1.29 is 62.5 Å². The fourth-order valence-corrected chi connectivity index (χ4v) is 9.65. The van der Waals surface area contributed by atoms with E-state index < -0.39 is 80.0 Å². The molecule has 1 aromatic rings. The number of aliphatic hydroxyl groups is 5. The maximum atomic E-state index is 13.3. The number of benzene rings is 1. The van der Waals surface area contributed by atoms with Gasteiger partial charge in [0.1, 0.15) is 37.1 Å². The molecule has 0 spiro atoms. The van der Waals surface area contributed by atoms with Crippen LogP contribution in [-0.4, -0.2) is 99.7 Å². The van der Waals surface area contributed by atoms with Crippen LogP contribution in [0.3, 0.4) is 0 Å². The second-order valence-electron chi connectivity index (χ2n) is 21.1. The minimum atomic E-state index is -4.56. The number of halogens is 3. The number of unbranched alkanes of at least 4 members (excludes halogenated alkanes) is 33. The van der Waals surface area contributed by atoms with E-state index in [9.17, 15) is 48.3 Å². The van der Waals surface area contributed by atoms with Crippen molar-refractivity contribution in [2.24, 2.45) is 0 Å². The van der Waals surface area contributed by atoms with Crippen molar-refractivity contribution in [2.75, 3.05) is 18.5 Å². The Morgan fingerprint density at radius 1 is 0.575 bits per heavy atom. The topological polar surface area (TPSA) is 187 Å². The highest BCUT2D eigenvalue weighted by atomic mass is 19.4. The number of hydrogen-bond donors (Lipinski definition) is 7. The second-order valence-corrected chi connectivity index (χ2v) is 21.1. The highest BCUT2D eigenvalue weighted by molar-refractivity contribution is 5.84. The molecule has 1 saturated heterocycles. The van der Waals surface area contributed by atoms with Crippen molar-refractivity contribution >= 4 is 17.7 Å². The zero-order chi connectivity index (χ0) is 53.4. The minimum absolute atomic E-state index is 0.0125. The molecule has 426 valence electrons. The third-order valence-electron chi connectivity index (χ3n) is 14.5. The summed E-state index contributed by atoms with van der Waals surface area (Å²) in [5.74, 6) is -0.334. The van der Waals surface area contributed by atoms with Gasteiger partial charge in [0.05, 0.1) is 24.3 Å². The first-order valence-corrected chi connectivity index (χ1v) is 29.4. The molecule has 8 atom stereocenters. The van der Waals surface area contributed by atoms with Crippen LogP contribution in [0.15, 0.2) is 24.3 Å². The van der Waals surface area contributed by atoms with Gasteiger partial charge in [-0.05, 0) is 37.1 Å². The first-order chi connectivity index (χ1) is 35.3. The van der Waals surface area contributed by atoms with Gasteiger partial charge >= 0.3 is 12.3 Å². The van der Waals surface area contributed by atoms with E-state index in [1.807, 2.05) is 0 Å². The van der Waals surface area contributed by atoms with E-state index in [-0.39, 0.29) is 18.0 Å². The summed E-state index contributed by atoms with van der Waals surface area (Å²) in [6.07, 6.45) is 27.0. The summed E-state index contributed by atoms with van der Waals surface area (Å²) in [7, 11) is 0. The predicted molar refractivity (Wildman–Crippen MR) is 285 cm³/mol. The molecule has 1 aliphatic rings. The van der Waals surface area contributed by atoms with Crippen molar-refractivity contribution in [1.29, 1.82) is 0 Å².